The summed E-state index contributed by atoms with van der Waals surface area (Å²) in [7, 11) is 0. The Hall–Kier alpha value is -6.04. The van der Waals surface area contributed by atoms with E-state index in [1.54, 1.807) is 60.1 Å². The number of aromatic carboxylic acids is 2. The number of nitrogens with zero attached hydrogens (tertiary/aromatic N) is 3. The van der Waals surface area contributed by atoms with E-state index >= 15 is 0 Å². The Balaban J connectivity index is 1.10. The monoisotopic (exact) mass is 621 g/mol. The number of anilines is 2. The van der Waals surface area contributed by atoms with E-state index in [1.807, 2.05) is 24.3 Å². The third kappa shape index (κ3) is 5.30. The van der Waals surface area contributed by atoms with E-state index < -0.39 is 18.0 Å². The SMILES string of the molecule is Cc1cc(F)ccc1CNc1ccc2nc(C3COc4ccc(CNc5ccc6cccn6c5C(=O)O)cc4O3)cn2c1C(=O)O. The second kappa shape index (κ2) is 11.5. The van der Waals surface area contributed by atoms with E-state index in [4.69, 9.17) is 9.47 Å². The molecule has 232 valence electrons. The molecule has 4 N–H and O–H groups in total. The summed E-state index contributed by atoms with van der Waals surface area (Å²) in [6.45, 7) is 2.61. The van der Waals surface area contributed by atoms with Gasteiger partial charge in [0.05, 0.1) is 11.4 Å². The molecule has 2 aromatic carbocycles. The lowest BCUT2D eigenvalue weighted by molar-refractivity contribution is 0.0679. The zero-order valence-corrected chi connectivity index (χ0v) is 24.5. The van der Waals surface area contributed by atoms with Crippen molar-refractivity contribution in [3.63, 3.8) is 0 Å². The minimum absolute atomic E-state index is 0.000308. The van der Waals surface area contributed by atoms with Gasteiger partial charge in [0.2, 0.25) is 0 Å². The number of nitrogens with one attached hydrogen (secondary N) is 2. The van der Waals surface area contributed by atoms with Crippen molar-refractivity contribution in [2.45, 2.75) is 26.1 Å². The highest BCUT2D eigenvalue weighted by atomic mass is 19.1. The molecule has 5 heterocycles. The van der Waals surface area contributed by atoms with Crippen molar-refractivity contribution in [3.8, 4) is 11.5 Å². The number of aryl methyl sites for hydroxylation is 1. The standard InChI is InChI=1S/C34H28FN5O6/c1-19-13-22(35)6-5-21(19)16-37-25-9-11-30-38-26(17-40(30)32(25)34(43)44)29-18-45-27-10-4-20(14-28(27)46-29)15-36-24-8-7-23-3-2-12-39(23)31(24)33(41)42/h2-14,17,29,36-37H,15-16,18H2,1H3,(H,41,42)(H,43,44). The summed E-state index contributed by atoms with van der Waals surface area (Å²) >= 11 is 0. The van der Waals surface area contributed by atoms with Crippen molar-refractivity contribution in [1.29, 1.82) is 0 Å². The Kier molecular flexibility index (Phi) is 7.16. The van der Waals surface area contributed by atoms with Gasteiger partial charge in [0.15, 0.2) is 29.0 Å². The smallest absolute Gasteiger partial charge is 0.355 e. The number of pyridine rings is 2. The van der Waals surface area contributed by atoms with Crippen LogP contribution in [0.4, 0.5) is 15.8 Å². The highest BCUT2D eigenvalue weighted by Gasteiger charge is 2.27. The zero-order chi connectivity index (χ0) is 31.9. The van der Waals surface area contributed by atoms with Crippen molar-refractivity contribution in [1.82, 2.24) is 13.8 Å². The molecule has 1 unspecified atom stereocenters. The van der Waals surface area contributed by atoms with Crippen LogP contribution in [-0.2, 0) is 13.1 Å². The van der Waals surface area contributed by atoms with E-state index in [1.165, 1.54) is 16.5 Å². The van der Waals surface area contributed by atoms with Crippen LogP contribution in [0.2, 0.25) is 0 Å². The number of benzene rings is 2. The highest BCUT2D eigenvalue weighted by Crippen LogP contribution is 2.37. The van der Waals surface area contributed by atoms with Gasteiger partial charge in [-0.25, -0.2) is 19.0 Å². The molecule has 11 nitrogen and oxygen atoms in total. The van der Waals surface area contributed by atoms with Crippen LogP contribution < -0.4 is 20.1 Å². The number of hydrogen-bond acceptors (Lipinski definition) is 7. The van der Waals surface area contributed by atoms with Crippen molar-refractivity contribution in [2.75, 3.05) is 17.2 Å². The Bertz CT molecular complexity index is 2160. The Labute approximate surface area is 261 Å². The van der Waals surface area contributed by atoms with Gasteiger partial charge in [-0.05, 0) is 84.3 Å². The summed E-state index contributed by atoms with van der Waals surface area (Å²) in [5, 5.41) is 26.3. The van der Waals surface area contributed by atoms with E-state index in [9.17, 15) is 24.2 Å². The number of imidazole rings is 1. The lowest BCUT2D eigenvalue weighted by Crippen LogP contribution is -2.22. The number of ether oxygens (including phenoxy) is 2. The van der Waals surface area contributed by atoms with Gasteiger partial charge in [0.1, 0.15) is 23.8 Å². The number of carboxylic acids is 2. The maximum atomic E-state index is 13.5. The number of halogens is 1. The lowest BCUT2D eigenvalue weighted by atomic mass is 10.1. The summed E-state index contributed by atoms with van der Waals surface area (Å²) in [4.78, 5) is 29.0. The molecule has 0 radical (unpaired) electrons. The van der Waals surface area contributed by atoms with Crippen LogP contribution in [-0.4, -0.2) is 42.5 Å². The molecule has 12 heteroatoms. The van der Waals surface area contributed by atoms with Gasteiger partial charge in [-0.15, -0.1) is 0 Å². The van der Waals surface area contributed by atoms with Crippen molar-refractivity contribution < 1.29 is 33.7 Å². The quantitative estimate of drug-likeness (QED) is 0.149. The van der Waals surface area contributed by atoms with Gasteiger partial charge >= 0.3 is 11.9 Å². The molecule has 1 aliphatic heterocycles. The second-order valence-electron chi connectivity index (χ2n) is 11.0. The first kappa shape index (κ1) is 28.7. The lowest BCUT2D eigenvalue weighted by Gasteiger charge is -2.26. The summed E-state index contributed by atoms with van der Waals surface area (Å²) in [5.74, 6) is -1.47. The Morgan fingerprint density at radius 2 is 1.67 bits per heavy atom. The topological polar surface area (TPSA) is 139 Å². The van der Waals surface area contributed by atoms with Crippen LogP contribution in [0.5, 0.6) is 11.5 Å². The molecule has 0 spiro atoms. The zero-order valence-electron chi connectivity index (χ0n) is 24.5. The Morgan fingerprint density at radius 1 is 0.913 bits per heavy atom. The van der Waals surface area contributed by atoms with Crippen LogP contribution >= 0.6 is 0 Å². The van der Waals surface area contributed by atoms with Gasteiger partial charge in [0.25, 0.3) is 0 Å². The van der Waals surface area contributed by atoms with Gasteiger partial charge in [0, 0.05) is 31.0 Å². The van der Waals surface area contributed by atoms with E-state index in [0.29, 0.717) is 47.3 Å². The molecule has 0 aliphatic carbocycles. The molecule has 0 amide bonds. The molecule has 0 saturated carbocycles. The maximum absolute atomic E-state index is 13.5. The van der Waals surface area contributed by atoms with Crippen LogP contribution in [0.1, 0.15) is 49.5 Å². The van der Waals surface area contributed by atoms with Gasteiger partial charge in [-0.2, -0.15) is 0 Å². The first-order chi connectivity index (χ1) is 22.2. The average molecular weight is 622 g/mol. The molecule has 0 saturated heterocycles. The van der Waals surface area contributed by atoms with Crippen LogP contribution in [0.15, 0.2) is 85.2 Å². The van der Waals surface area contributed by atoms with E-state index in [0.717, 1.165) is 22.2 Å². The fraction of sp³-hybridized carbons (Fsp3) is 0.147. The number of aromatic nitrogens is 3. The largest absolute Gasteiger partial charge is 0.485 e. The van der Waals surface area contributed by atoms with Crippen molar-refractivity contribution in [3.05, 3.63) is 125 Å². The minimum atomic E-state index is -1.14. The first-order valence-electron chi connectivity index (χ1n) is 14.5. The fourth-order valence-electron chi connectivity index (χ4n) is 5.68. The molecule has 7 rings (SSSR count). The molecule has 4 aromatic heterocycles. The van der Waals surface area contributed by atoms with Gasteiger partial charge in [-0.3, -0.25) is 4.40 Å². The molecule has 6 aromatic rings. The number of hydrogen-bond donors (Lipinski definition) is 4. The van der Waals surface area contributed by atoms with E-state index in [-0.39, 0.29) is 23.8 Å². The van der Waals surface area contributed by atoms with Crippen molar-refractivity contribution >= 4 is 34.5 Å². The number of carboxylic acid groups (broad SMARTS) is 2. The third-order valence-electron chi connectivity index (χ3n) is 8.00. The predicted octanol–water partition coefficient (Wildman–Crippen LogP) is 6.17. The normalized spacial score (nSPS) is 14.0. The molecular weight excluding hydrogens is 593 g/mol. The van der Waals surface area contributed by atoms with Crippen LogP contribution in [0.3, 0.4) is 0 Å². The van der Waals surface area contributed by atoms with E-state index in [2.05, 4.69) is 15.6 Å². The summed E-state index contributed by atoms with van der Waals surface area (Å²) in [6.07, 6.45) is 2.73. The molecule has 46 heavy (non-hydrogen) atoms. The molecule has 1 aliphatic rings. The van der Waals surface area contributed by atoms with Gasteiger partial charge < -0.3 is 34.7 Å². The summed E-state index contributed by atoms with van der Waals surface area (Å²) in [6, 6.07) is 20.6. The predicted molar refractivity (Wildman–Crippen MR) is 168 cm³/mol. The van der Waals surface area contributed by atoms with Gasteiger partial charge in [-0.1, -0.05) is 12.1 Å². The summed E-state index contributed by atoms with van der Waals surface area (Å²) in [5.41, 5.74) is 5.14. The molecule has 0 fully saturated rings. The first-order valence-corrected chi connectivity index (χ1v) is 14.5. The average Bonchev–Trinajstić information content (AvgIpc) is 3.69. The minimum Gasteiger partial charge on any atom is -0.485 e. The number of fused-ring (bicyclic) bond motifs is 3. The second-order valence-corrected chi connectivity index (χ2v) is 11.0. The molecule has 1 atom stereocenters. The maximum Gasteiger partial charge on any atom is 0.355 e. The number of rotatable bonds is 9. The van der Waals surface area contributed by atoms with Crippen molar-refractivity contribution in [2.24, 2.45) is 0 Å². The third-order valence-corrected chi connectivity index (χ3v) is 8.00. The fourth-order valence-corrected chi connectivity index (χ4v) is 5.68. The molecular formula is C34H28FN5O6. The number of carbonyl (C=O) groups is 2. The van der Waals surface area contributed by atoms with Crippen LogP contribution in [0, 0.1) is 12.7 Å². The highest BCUT2D eigenvalue weighted by molar-refractivity contribution is 5.94. The molecule has 0 bridgehead atoms. The summed E-state index contributed by atoms with van der Waals surface area (Å²) < 4.78 is 28.9. The van der Waals surface area contributed by atoms with Crippen LogP contribution in [0.25, 0.3) is 11.2 Å². The Morgan fingerprint density at radius 3 is 2.46 bits per heavy atom.